The minimum atomic E-state index is -4.88. The van der Waals surface area contributed by atoms with Gasteiger partial charge in [0.25, 0.3) is 0 Å². The van der Waals surface area contributed by atoms with E-state index in [-0.39, 0.29) is 23.4 Å². The van der Waals surface area contributed by atoms with Gasteiger partial charge in [0.15, 0.2) is 9.84 Å². The Morgan fingerprint density at radius 1 is 0.857 bits per heavy atom. The van der Waals surface area contributed by atoms with E-state index in [9.17, 15) is 39.6 Å². The summed E-state index contributed by atoms with van der Waals surface area (Å²) in [5.41, 5.74) is 1.16. The van der Waals surface area contributed by atoms with Crippen LogP contribution in [0.4, 0.5) is 13.2 Å². The number of sulfone groups is 1. The number of hydrogen-bond donors (Lipinski definition) is 3. The van der Waals surface area contributed by atoms with Crippen molar-refractivity contribution in [3.8, 4) is 11.1 Å². The molecule has 49 heavy (non-hydrogen) atoms. The highest BCUT2D eigenvalue weighted by molar-refractivity contribution is 7.93. The van der Waals surface area contributed by atoms with E-state index in [4.69, 9.17) is 5.14 Å². The number of rotatable bonds is 22. The van der Waals surface area contributed by atoms with Gasteiger partial charge in [-0.05, 0) is 35.7 Å². The summed E-state index contributed by atoms with van der Waals surface area (Å²) in [5, 5.41) is 7.20. The number of alkyl halides is 3. The lowest BCUT2D eigenvalue weighted by molar-refractivity contribution is -0.130. The molecular weight excluding hydrogens is 702 g/mol. The molecule has 274 valence electrons. The standard InChI is InChI=1S/C33H47F3N4O6S3/c1-2-3-4-5-6-7-8-9-10-11-12-13-17-32(30(42)39-20-22-49(37,45)46,48(43,44)21-18-33(34,35)36)31-40-27-15-14-25(23-28(27)47-31)26-16-19-38-29(41)24-26/h14-16,19,23-24H,2-13,17-18,20-22H2,1H3,(H,38,41)(H,39,42)(H2,37,45,46). The first-order valence-electron chi connectivity index (χ1n) is 16.8. The fourth-order valence-electron chi connectivity index (χ4n) is 5.74. The Kier molecular flexibility index (Phi) is 15.3. The number of aromatic amines is 1. The lowest BCUT2D eigenvalue weighted by atomic mass is 9.98. The van der Waals surface area contributed by atoms with E-state index in [1.807, 2.05) is 0 Å². The average Bonchev–Trinajstić information content (AvgIpc) is 3.45. The van der Waals surface area contributed by atoms with Crippen LogP contribution in [0.1, 0.15) is 102 Å². The topological polar surface area (TPSA) is 169 Å². The quantitative estimate of drug-likeness (QED) is 0.0960. The second-order valence-electron chi connectivity index (χ2n) is 12.4. The molecule has 0 saturated carbocycles. The van der Waals surface area contributed by atoms with Crippen LogP contribution in [0.15, 0.2) is 41.3 Å². The van der Waals surface area contributed by atoms with E-state index in [1.165, 1.54) is 44.4 Å². The van der Waals surface area contributed by atoms with Crippen molar-refractivity contribution >= 4 is 47.3 Å². The lowest BCUT2D eigenvalue weighted by Gasteiger charge is -2.30. The van der Waals surface area contributed by atoms with E-state index >= 15 is 0 Å². The lowest BCUT2D eigenvalue weighted by Crippen LogP contribution is -2.52. The van der Waals surface area contributed by atoms with E-state index in [0.717, 1.165) is 43.4 Å². The Bertz CT molecular complexity index is 1790. The van der Waals surface area contributed by atoms with Gasteiger partial charge in [0, 0.05) is 18.8 Å². The number of H-pyrrole nitrogens is 1. The van der Waals surface area contributed by atoms with Crippen molar-refractivity contribution in [2.75, 3.05) is 18.1 Å². The summed E-state index contributed by atoms with van der Waals surface area (Å²) < 4.78 is 89.4. The number of primary sulfonamides is 1. The normalized spacial score (nSPS) is 13.8. The third-order valence-electron chi connectivity index (χ3n) is 8.45. The summed E-state index contributed by atoms with van der Waals surface area (Å²) >= 11 is 0.868. The number of carbonyl (C=O) groups excluding carboxylic acids is 1. The Morgan fingerprint density at radius 3 is 2.02 bits per heavy atom. The second kappa shape index (κ2) is 18.4. The van der Waals surface area contributed by atoms with Gasteiger partial charge in [-0.25, -0.2) is 27.0 Å². The molecule has 0 aliphatic carbocycles. The van der Waals surface area contributed by atoms with Gasteiger partial charge in [0.05, 0.1) is 28.1 Å². The summed E-state index contributed by atoms with van der Waals surface area (Å²) in [5.74, 6) is -3.20. The molecule has 1 atom stereocenters. The zero-order chi connectivity index (χ0) is 36.1. The number of pyridine rings is 1. The summed E-state index contributed by atoms with van der Waals surface area (Å²) in [6.07, 6.45) is 6.35. The first kappa shape index (κ1) is 40.6. The Hall–Kier alpha value is -2.82. The van der Waals surface area contributed by atoms with Crippen LogP contribution in [-0.2, 0) is 29.4 Å². The third kappa shape index (κ3) is 12.5. The van der Waals surface area contributed by atoms with E-state index in [0.29, 0.717) is 27.8 Å². The summed E-state index contributed by atoms with van der Waals surface area (Å²) in [7, 11) is -8.92. The highest BCUT2D eigenvalue weighted by atomic mass is 32.2. The highest BCUT2D eigenvalue weighted by Crippen LogP contribution is 2.43. The number of benzene rings is 1. The number of nitrogens with one attached hydrogen (secondary N) is 2. The molecule has 3 rings (SSSR count). The molecule has 0 radical (unpaired) electrons. The van der Waals surface area contributed by atoms with Crippen LogP contribution in [0.2, 0.25) is 0 Å². The molecule has 0 spiro atoms. The van der Waals surface area contributed by atoms with Crippen LogP contribution < -0.4 is 16.0 Å². The molecule has 1 amide bonds. The molecule has 0 fully saturated rings. The number of unbranched alkanes of at least 4 members (excludes halogenated alkanes) is 11. The molecule has 4 N–H and O–H groups in total. The molecule has 16 heteroatoms. The fraction of sp³-hybridized carbons (Fsp3) is 0.606. The van der Waals surface area contributed by atoms with Gasteiger partial charge >= 0.3 is 6.18 Å². The molecule has 0 bridgehead atoms. The Labute approximate surface area is 290 Å². The molecular formula is C33H47F3N4O6S3. The molecule has 1 aromatic carbocycles. The molecule has 1 unspecified atom stereocenters. The summed E-state index contributed by atoms with van der Waals surface area (Å²) in [4.78, 5) is 32.9. The molecule has 3 aromatic rings. The molecule has 0 aliphatic heterocycles. The second-order valence-corrected chi connectivity index (χ2v) is 17.5. The van der Waals surface area contributed by atoms with Gasteiger partial charge in [-0.1, -0.05) is 90.0 Å². The van der Waals surface area contributed by atoms with E-state index < -0.39 is 61.2 Å². The monoisotopic (exact) mass is 748 g/mol. The average molecular weight is 749 g/mol. The van der Waals surface area contributed by atoms with Gasteiger partial charge in [0.2, 0.25) is 26.2 Å². The zero-order valence-corrected chi connectivity index (χ0v) is 30.3. The first-order chi connectivity index (χ1) is 23.1. The van der Waals surface area contributed by atoms with Crippen molar-refractivity contribution in [1.29, 1.82) is 0 Å². The maximum absolute atomic E-state index is 14.1. The Morgan fingerprint density at radius 2 is 1.45 bits per heavy atom. The minimum absolute atomic E-state index is 0.205. The zero-order valence-electron chi connectivity index (χ0n) is 27.8. The Balaban J connectivity index is 1.93. The minimum Gasteiger partial charge on any atom is -0.353 e. The number of fused-ring (bicyclic) bond motifs is 1. The SMILES string of the molecule is CCCCCCCCCCCCCCC(C(=O)NCCS(N)(=O)=O)(c1nc2ccc(-c3cc[nH]c(=O)c3)cc2s1)S(=O)(=O)CCC(F)(F)F. The van der Waals surface area contributed by atoms with E-state index in [2.05, 4.69) is 22.2 Å². The number of nitrogens with zero attached hydrogens (tertiary/aromatic N) is 1. The van der Waals surface area contributed by atoms with Crippen LogP contribution in [0.5, 0.6) is 0 Å². The largest absolute Gasteiger partial charge is 0.390 e. The number of thiazole rings is 1. The van der Waals surface area contributed by atoms with Crippen molar-refractivity contribution < 1.29 is 34.8 Å². The van der Waals surface area contributed by atoms with Crippen molar-refractivity contribution in [3.05, 3.63) is 51.9 Å². The number of amides is 1. The van der Waals surface area contributed by atoms with Crippen LogP contribution in [0.25, 0.3) is 21.3 Å². The number of halogens is 3. The number of carbonyl (C=O) groups is 1. The maximum Gasteiger partial charge on any atom is 0.390 e. The van der Waals surface area contributed by atoms with Crippen LogP contribution in [0, 0.1) is 0 Å². The first-order valence-corrected chi connectivity index (χ1v) is 20.9. The number of hydrogen-bond acceptors (Lipinski definition) is 8. The number of aromatic nitrogens is 2. The molecule has 2 aromatic heterocycles. The van der Waals surface area contributed by atoms with Gasteiger partial charge in [0.1, 0.15) is 5.01 Å². The summed E-state index contributed by atoms with van der Waals surface area (Å²) in [6.45, 7) is 1.64. The predicted octanol–water partition coefficient (Wildman–Crippen LogP) is 6.71. The van der Waals surface area contributed by atoms with E-state index in [1.54, 1.807) is 24.3 Å². The third-order valence-corrected chi connectivity index (χ3v) is 12.9. The maximum atomic E-state index is 14.1. The summed E-state index contributed by atoms with van der Waals surface area (Å²) in [6, 6.07) is 7.96. The van der Waals surface area contributed by atoms with Crippen molar-refractivity contribution in [2.45, 2.75) is 108 Å². The van der Waals surface area contributed by atoms with Crippen molar-refractivity contribution in [1.82, 2.24) is 15.3 Å². The van der Waals surface area contributed by atoms with Crippen LogP contribution >= 0.6 is 11.3 Å². The highest BCUT2D eigenvalue weighted by Gasteiger charge is 2.54. The predicted molar refractivity (Wildman–Crippen MR) is 188 cm³/mol. The fourth-order valence-corrected chi connectivity index (χ4v) is 9.72. The van der Waals surface area contributed by atoms with Crippen LogP contribution in [-0.4, -0.2) is 56.9 Å². The van der Waals surface area contributed by atoms with Gasteiger partial charge in [-0.15, -0.1) is 11.3 Å². The van der Waals surface area contributed by atoms with Crippen LogP contribution in [0.3, 0.4) is 0 Å². The number of sulfonamides is 1. The van der Waals surface area contributed by atoms with Crippen molar-refractivity contribution in [2.24, 2.45) is 5.14 Å². The van der Waals surface area contributed by atoms with Gasteiger partial charge in [-0.3, -0.25) is 9.59 Å². The number of nitrogens with two attached hydrogens (primary N) is 1. The molecule has 10 nitrogen and oxygen atoms in total. The molecule has 0 saturated heterocycles. The van der Waals surface area contributed by atoms with Crippen molar-refractivity contribution in [3.63, 3.8) is 0 Å². The van der Waals surface area contributed by atoms with Gasteiger partial charge in [-0.2, -0.15) is 13.2 Å². The van der Waals surface area contributed by atoms with Gasteiger partial charge < -0.3 is 10.3 Å². The molecule has 2 heterocycles. The smallest absolute Gasteiger partial charge is 0.353 e. The molecule has 0 aliphatic rings.